The lowest BCUT2D eigenvalue weighted by Gasteiger charge is -2.14. The van der Waals surface area contributed by atoms with Crippen molar-refractivity contribution in [1.29, 1.82) is 0 Å². The third-order valence-electron chi connectivity index (χ3n) is 3.15. The fourth-order valence-corrected chi connectivity index (χ4v) is 2.93. The van der Waals surface area contributed by atoms with E-state index in [1.165, 1.54) is 11.3 Å². The molecule has 1 heterocycles. The van der Waals surface area contributed by atoms with Crippen molar-refractivity contribution in [3.05, 3.63) is 51.2 Å². The summed E-state index contributed by atoms with van der Waals surface area (Å²) in [5.41, 5.74) is 7.05. The SMILES string of the molecule is CC(C)(C)c1csc(CC(N)c2cc(F)c(F)c(F)c2)n1. The van der Waals surface area contributed by atoms with E-state index >= 15 is 0 Å². The molecule has 2 nitrogen and oxygen atoms in total. The van der Waals surface area contributed by atoms with E-state index in [1.807, 2.05) is 5.38 Å². The van der Waals surface area contributed by atoms with E-state index in [0.29, 0.717) is 6.42 Å². The molecule has 2 N–H and O–H groups in total. The average Bonchev–Trinajstić information content (AvgIpc) is 2.83. The Labute approximate surface area is 125 Å². The number of benzene rings is 1. The molecule has 0 saturated heterocycles. The normalized spacial score (nSPS) is 13.5. The molecule has 0 radical (unpaired) electrons. The summed E-state index contributed by atoms with van der Waals surface area (Å²) < 4.78 is 39.4. The Kier molecular flexibility index (Phi) is 4.39. The molecular weight excluding hydrogens is 297 g/mol. The summed E-state index contributed by atoms with van der Waals surface area (Å²) in [6.45, 7) is 6.16. The van der Waals surface area contributed by atoms with Gasteiger partial charge in [-0.05, 0) is 17.7 Å². The van der Waals surface area contributed by atoms with Crippen molar-refractivity contribution in [3.8, 4) is 0 Å². The number of aromatic nitrogens is 1. The predicted octanol–water partition coefficient (Wildman–Crippen LogP) is 4.10. The van der Waals surface area contributed by atoms with Crippen LogP contribution in [0, 0.1) is 17.5 Å². The second-order valence-corrected chi connectivity index (χ2v) is 6.93. The summed E-state index contributed by atoms with van der Waals surface area (Å²) in [4.78, 5) is 4.49. The smallest absolute Gasteiger partial charge is 0.194 e. The number of nitrogens with zero attached hydrogens (tertiary/aromatic N) is 1. The minimum absolute atomic E-state index is 0.0626. The van der Waals surface area contributed by atoms with Crippen LogP contribution in [0.3, 0.4) is 0 Å². The Morgan fingerprint density at radius 2 is 1.76 bits per heavy atom. The topological polar surface area (TPSA) is 38.9 Å². The molecule has 0 aliphatic carbocycles. The van der Waals surface area contributed by atoms with Crippen LogP contribution < -0.4 is 5.73 Å². The standard InChI is InChI=1S/C15H17F3N2S/c1-15(2,3)12-7-21-13(20-12)6-11(19)8-4-9(16)14(18)10(17)5-8/h4-5,7,11H,6,19H2,1-3H3. The summed E-state index contributed by atoms with van der Waals surface area (Å²) in [5.74, 6) is -3.93. The van der Waals surface area contributed by atoms with Gasteiger partial charge >= 0.3 is 0 Å². The fourth-order valence-electron chi connectivity index (χ4n) is 1.84. The van der Waals surface area contributed by atoms with Crippen molar-refractivity contribution >= 4 is 11.3 Å². The van der Waals surface area contributed by atoms with Crippen LogP contribution in [-0.2, 0) is 11.8 Å². The molecule has 0 saturated carbocycles. The molecule has 114 valence electrons. The second-order valence-electron chi connectivity index (χ2n) is 5.99. The first-order valence-electron chi connectivity index (χ1n) is 6.53. The zero-order valence-electron chi connectivity index (χ0n) is 12.1. The van der Waals surface area contributed by atoms with Gasteiger partial charge < -0.3 is 5.73 Å². The first-order valence-corrected chi connectivity index (χ1v) is 7.41. The Morgan fingerprint density at radius 1 is 1.19 bits per heavy atom. The molecule has 0 bridgehead atoms. The lowest BCUT2D eigenvalue weighted by molar-refractivity contribution is 0.443. The first kappa shape index (κ1) is 16.0. The van der Waals surface area contributed by atoms with E-state index in [4.69, 9.17) is 5.73 Å². The van der Waals surface area contributed by atoms with E-state index in [9.17, 15) is 13.2 Å². The van der Waals surface area contributed by atoms with Gasteiger partial charge in [0.2, 0.25) is 0 Å². The quantitative estimate of drug-likeness (QED) is 0.866. The van der Waals surface area contributed by atoms with Gasteiger partial charge in [0.05, 0.1) is 10.7 Å². The lowest BCUT2D eigenvalue weighted by Crippen LogP contribution is -2.15. The molecule has 1 atom stereocenters. The molecule has 2 rings (SSSR count). The van der Waals surface area contributed by atoms with Crippen LogP contribution in [0.15, 0.2) is 17.5 Å². The Bertz CT molecular complexity index is 624. The van der Waals surface area contributed by atoms with Crippen LogP contribution >= 0.6 is 11.3 Å². The van der Waals surface area contributed by atoms with E-state index in [-0.39, 0.29) is 11.0 Å². The highest BCUT2D eigenvalue weighted by molar-refractivity contribution is 7.09. The van der Waals surface area contributed by atoms with Gasteiger partial charge in [0, 0.05) is 23.3 Å². The Morgan fingerprint density at radius 3 is 2.24 bits per heavy atom. The molecule has 0 aliphatic heterocycles. The highest BCUT2D eigenvalue weighted by Crippen LogP contribution is 2.27. The Hall–Kier alpha value is -1.40. The monoisotopic (exact) mass is 314 g/mol. The van der Waals surface area contributed by atoms with Crippen LogP contribution in [0.4, 0.5) is 13.2 Å². The number of hydrogen-bond donors (Lipinski definition) is 1. The first-order chi connectivity index (χ1) is 9.68. The van der Waals surface area contributed by atoms with Crippen LogP contribution in [0.25, 0.3) is 0 Å². The number of thiazole rings is 1. The van der Waals surface area contributed by atoms with Crippen LogP contribution in [0.5, 0.6) is 0 Å². The van der Waals surface area contributed by atoms with Crippen molar-refractivity contribution < 1.29 is 13.2 Å². The maximum Gasteiger partial charge on any atom is 0.194 e. The summed E-state index contributed by atoms with van der Waals surface area (Å²) in [7, 11) is 0. The zero-order valence-corrected chi connectivity index (χ0v) is 12.9. The summed E-state index contributed by atoms with van der Waals surface area (Å²) in [5, 5.41) is 2.74. The van der Waals surface area contributed by atoms with Gasteiger partial charge in [-0.2, -0.15) is 0 Å². The van der Waals surface area contributed by atoms with Gasteiger partial charge in [-0.15, -0.1) is 11.3 Å². The van der Waals surface area contributed by atoms with E-state index in [2.05, 4.69) is 25.8 Å². The van der Waals surface area contributed by atoms with Crippen molar-refractivity contribution in [1.82, 2.24) is 4.98 Å². The maximum absolute atomic E-state index is 13.2. The summed E-state index contributed by atoms with van der Waals surface area (Å²) >= 11 is 1.46. The van der Waals surface area contributed by atoms with Gasteiger partial charge in [-0.3, -0.25) is 0 Å². The van der Waals surface area contributed by atoms with Gasteiger partial charge in [0.25, 0.3) is 0 Å². The predicted molar refractivity (Wildman–Crippen MR) is 77.8 cm³/mol. The molecule has 0 fully saturated rings. The lowest BCUT2D eigenvalue weighted by atomic mass is 9.93. The molecular formula is C15H17F3N2S. The highest BCUT2D eigenvalue weighted by Gasteiger charge is 2.20. The van der Waals surface area contributed by atoms with Crippen LogP contribution in [0.2, 0.25) is 0 Å². The van der Waals surface area contributed by atoms with Crippen molar-refractivity contribution in [2.24, 2.45) is 5.73 Å². The molecule has 21 heavy (non-hydrogen) atoms. The van der Waals surface area contributed by atoms with Crippen LogP contribution in [0.1, 0.15) is 43.1 Å². The van der Waals surface area contributed by atoms with Gasteiger partial charge in [0.1, 0.15) is 0 Å². The fraction of sp³-hybridized carbons (Fsp3) is 0.400. The van der Waals surface area contributed by atoms with Gasteiger partial charge in [-0.25, -0.2) is 18.2 Å². The molecule has 1 aromatic heterocycles. The minimum Gasteiger partial charge on any atom is -0.324 e. The van der Waals surface area contributed by atoms with Crippen molar-refractivity contribution in [2.45, 2.75) is 38.6 Å². The molecule has 2 aromatic rings. The van der Waals surface area contributed by atoms with Crippen molar-refractivity contribution in [3.63, 3.8) is 0 Å². The number of hydrogen-bond acceptors (Lipinski definition) is 3. The Balaban J connectivity index is 2.18. The van der Waals surface area contributed by atoms with E-state index in [1.54, 1.807) is 0 Å². The summed E-state index contributed by atoms with van der Waals surface area (Å²) in [6, 6.07) is 1.23. The third-order valence-corrected chi connectivity index (χ3v) is 4.02. The average molecular weight is 314 g/mol. The van der Waals surface area contributed by atoms with E-state index < -0.39 is 23.5 Å². The minimum atomic E-state index is -1.48. The molecule has 0 amide bonds. The maximum atomic E-state index is 13.2. The molecule has 6 heteroatoms. The third kappa shape index (κ3) is 3.63. The van der Waals surface area contributed by atoms with Crippen molar-refractivity contribution in [2.75, 3.05) is 0 Å². The largest absolute Gasteiger partial charge is 0.324 e. The highest BCUT2D eigenvalue weighted by atomic mass is 32.1. The van der Waals surface area contributed by atoms with Crippen LogP contribution in [-0.4, -0.2) is 4.98 Å². The number of halogens is 3. The molecule has 1 aromatic carbocycles. The molecule has 1 unspecified atom stereocenters. The van der Waals surface area contributed by atoms with E-state index in [0.717, 1.165) is 22.8 Å². The summed E-state index contributed by atoms with van der Waals surface area (Å²) in [6.07, 6.45) is 0.352. The molecule has 0 spiro atoms. The second kappa shape index (κ2) is 5.77. The van der Waals surface area contributed by atoms with Gasteiger partial charge in [0.15, 0.2) is 17.5 Å². The number of rotatable bonds is 3. The molecule has 0 aliphatic rings. The van der Waals surface area contributed by atoms with Gasteiger partial charge in [-0.1, -0.05) is 20.8 Å². The number of nitrogens with two attached hydrogens (primary N) is 1. The zero-order chi connectivity index (χ0) is 15.8.